The van der Waals surface area contributed by atoms with E-state index in [0.717, 1.165) is 5.56 Å². The second kappa shape index (κ2) is 4.61. The van der Waals surface area contributed by atoms with Gasteiger partial charge in [-0.1, -0.05) is 0 Å². The topological polar surface area (TPSA) is 66.5 Å². The van der Waals surface area contributed by atoms with E-state index >= 15 is 0 Å². The zero-order valence-corrected chi connectivity index (χ0v) is 11.3. The van der Waals surface area contributed by atoms with E-state index in [9.17, 15) is 13.2 Å². The summed E-state index contributed by atoms with van der Waals surface area (Å²) in [7, 11) is -3.15. The average molecular weight is 268 g/mol. The molecule has 1 heterocycles. The molecule has 1 saturated heterocycles. The van der Waals surface area contributed by atoms with Crippen LogP contribution in [0.5, 0.6) is 0 Å². The highest BCUT2D eigenvalue weighted by Crippen LogP contribution is 2.27. The van der Waals surface area contributed by atoms with Gasteiger partial charge in [-0.25, -0.2) is 8.42 Å². The van der Waals surface area contributed by atoms with Crippen molar-refractivity contribution in [2.75, 3.05) is 21.9 Å². The third-order valence-corrected chi connectivity index (χ3v) is 4.78. The summed E-state index contributed by atoms with van der Waals surface area (Å²) in [5, 5.41) is 2.70. The second-order valence-electron chi connectivity index (χ2n) is 4.42. The van der Waals surface area contributed by atoms with Crippen molar-refractivity contribution in [1.82, 2.24) is 0 Å². The summed E-state index contributed by atoms with van der Waals surface area (Å²) in [4.78, 5) is 11.0. The van der Waals surface area contributed by atoms with Gasteiger partial charge in [-0.15, -0.1) is 0 Å². The number of sulfonamides is 1. The van der Waals surface area contributed by atoms with Crippen molar-refractivity contribution in [2.24, 2.45) is 0 Å². The van der Waals surface area contributed by atoms with Crippen LogP contribution in [0.3, 0.4) is 0 Å². The summed E-state index contributed by atoms with van der Waals surface area (Å²) in [6, 6.07) is 5.25. The summed E-state index contributed by atoms with van der Waals surface area (Å²) in [6.45, 7) is 3.82. The van der Waals surface area contributed by atoms with Crippen LogP contribution in [0.15, 0.2) is 18.2 Å². The predicted molar refractivity (Wildman–Crippen MR) is 71.2 cm³/mol. The molecule has 98 valence electrons. The molecule has 0 aliphatic carbocycles. The number of nitrogens with one attached hydrogen (secondary N) is 1. The quantitative estimate of drug-likeness (QED) is 0.883. The molecule has 6 heteroatoms. The fourth-order valence-corrected chi connectivity index (χ4v) is 3.62. The number of anilines is 2. The normalized spacial score (nSPS) is 17.8. The molecule has 18 heavy (non-hydrogen) atoms. The van der Waals surface area contributed by atoms with Gasteiger partial charge in [0, 0.05) is 19.2 Å². The molecule has 1 aromatic rings. The number of carbonyl (C=O) groups is 1. The Bertz CT molecular complexity index is 581. The van der Waals surface area contributed by atoms with Gasteiger partial charge in [-0.2, -0.15) is 0 Å². The minimum atomic E-state index is -3.15. The van der Waals surface area contributed by atoms with E-state index in [1.165, 1.54) is 11.2 Å². The van der Waals surface area contributed by atoms with Gasteiger partial charge in [0.1, 0.15) is 0 Å². The minimum absolute atomic E-state index is 0.139. The summed E-state index contributed by atoms with van der Waals surface area (Å²) < 4.78 is 25.0. The van der Waals surface area contributed by atoms with Gasteiger partial charge < -0.3 is 5.32 Å². The largest absolute Gasteiger partial charge is 0.326 e. The molecule has 0 atom stereocenters. The van der Waals surface area contributed by atoms with Crippen LogP contribution in [0, 0.1) is 6.92 Å². The predicted octanol–water partition coefficient (Wildman–Crippen LogP) is 1.49. The van der Waals surface area contributed by atoms with E-state index in [1.54, 1.807) is 18.2 Å². The van der Waals surface area contributed by atoms with Crippen LogP contribution in [0.2, 0.25) is 0 Å². The first-order valence-electron chi connectivity index (χ1n) is 5.79. The molecule has 1 fully saturated rings. The van der Waals surface area contributed by atoms with Crippen LogP contribution in [-0.4, -0.2) is 26.6 Å². The number of amides is 1. The lowest BCUT2D eigenvalue weighted by atomic mass is 10.1. The number of nitrogens with zero attached hydrogens (tertiary/aromatic N) is 1. The molecule has 1 aliphatic rings. The highest BCUT2D eigenvalue weighted by molar-refractivity contribution is 7.93. The Balaban J connectivity index is 2.32. The smallest absolute Gasteiger partial charge is 0.235 e. The van der Waals surface area contributed by atoms with Crippen molar-refractivity contribution in [3.05, 3.63) is 23.8 Å². The van der Waals surface area contributed by atoms with Crippen molar-refractivity contribution >= 4 is 27.3 Å². The summed E-state index contributed by atoms with van der Waals surface area (Å²) in [6.07, 6.45) is 0.662. The van der Waals surface area contributed by atoms with Crippen LogP contribution < -0.4 is 9.62 Å². The standard InChI is InChI=1S/C12H16N2O3S/c1-9-8-11(4-5-12(9)13-10(2)15)14-6-3-7-18(14,16)17/h4-5,8H,3,6-7H2,1-2H3,(H,13,15). The molecule has 0 radical (unpaired) electrons. The van der Waals surface area contributed by atoms with Gasteiger partial charge in [0.15, 0.2) is 0 Å². The minimum Gasteiger partial charge on any atom is -0.326 e. The molecular weight excluding hydrogens is 252 g/mol. The number of carbonyl (C=O) groups excluding carboxylic acids is 1. The Morgan fingerprint density at radius 2 is 2.11 bits per heavy atom. The molecule has 2 rings (SSSR count). The molecule has 0 saturated carbocycles. The van der Waals surface area contributed by atoms with Crippen molar-refractivity contribution < 1.29 is 13.2 Å². The van der Waals surface area contributed by atoms with E-state index in [-0.39, 0.29) is 11.7 Å². The Hall–Kier alpha value is -1.56. The first-order valence-corrected chi connectivity index (χ1v) is 7.40. The van der Waals surface area contributed by atoms with E-state index < -0.39 is 10.0 Å². The molecular formula is C12H16N2O3S. The molecule has 5 nitrogen and oxygen atoms in total. The Labute approximate surface area is 107 Å². The van der Waals surface area contributed by atoms with Crippen molar-refractivity contribution in [1.29, 1.82) is 0 Å². The highest BCUT2D eigenvalue weighted by Gasteiger charge is 2.28. The molecule has 1 aromatic carbocycles. The first kappa shape index (κ1) is 12.9. The van der Waals surface area contributed by atoms with Crippen LogP contribution in [-0.2, 0) is 14.8 Å². The third-order valence-electron chi connectivity index (χ3n) is 2.91. The Kier molecular flexibility index (Phi) is 3.30. The Morgan fingerprint density at radius 3 is 2.61 bits per heavy atom. The lowest BCUT2D eigenvalue weighted by Gasteiger charge is -2.18. The second-order valence-corrected chi connectivity index (χ2v) is 6.43. The first-order chi connectivity index (χ1) is 8.40. The van der Waals surface area contributed by atoms with E-state index in [1.807, 2.05) is 6.92 Å². The lowest BCUT2D eigenvalue weighted by molar-refractivity contribution is -0.114. The van der Waals surface area contributed by atoms with E-state index in [0.29, 0.717) is 24.3 Å². The zero-order valence-electron chi connectivity index (χ0n) is 10.4. The number of aryl methyl sites for hydroxylation is 1. The molecule has 0 unspecified atom stereocenters. The van der Waals surface area contributed by atoms with Gasteiger partial charge in [0.25, 0.3) is 0 Å². The van der Waals surface area contributed by atoms with Crippen LogP contribution in [0.1, 0.15) is 18.9 Å². The molecule has 1 amide bonds. The molecule has 1 N–H and O–H groups in total. The van der Waals surface area contributed by atoms with Crippen molar-refractivity contribution in [2.45, 2.75) is 20.3 Å². The number of hydrogen-bond acceptors (Lipinski definition) is 3. The van der Waals surface area contributed by atoms with Gasteiger partial charge >= 0.3 is 0 Å². The fourth-order valence-electron chi connectivity index (χ4n) is 2.06. The van der Waals surface area contributed by atoms with Crippen LogP contribution in [0.4, 0.5) is 11.4 Å². The molecule has 0 bridgehead atoms. The van der Waals surface area contributed by atoms with Crippen molar-refractivity contribution in [3.8, 4) is 0 Å². The van der Waals surface area contributed by atoms with E-state index in [4.69, 9.17) is 0 Å². The Morgan fingerprint density at radius 1 is 1.39 bits per heavy atom. The van der Waals surface area contributed by atoms with Crippen molar-refractivity contribution in [3.63, 3.8) is 0 Å². The number of hydrogen-bond donors (Lipinski definition) is 1. The molecule has 0 spiro atoms. The summed E-state index contributed by atoms with van der Waals surface area (Å²) in [5.74, 6) is 0.0686. The summed E-state index contributed by atoms with van der Waals surface area (Å²) >= 11 is 0. The third kappa shape index (κ3) is 2.48. The molecule has 0 aromatic heterocycles. The van der Waals surface area contributed by atoms with Crippen LogP contribution >= 0.6 is 0 Å². The van der Waals surface area contributed by atoms with Gasteiger partial charge in [0.05, 0.1) is 11.4 Å². The number of rotatable bonds is 2. The maximum absolute atomic E-state index is 11.8. The zero-order chi connectivity index (χ0) is 13.3. The summed E-state index contributed by atoms with van der Waals surface area (Å²) in [5.41, 5.74) is 2.23. The van der Waals surface area contributed by atoms with Gasteiger partial charge in [-0.3, -0.25) is 9.10 Å². The molecule has 1 aliphatic heterocycles. The van der Waals surface area contributed by atoms with E-state index in [2.05, 4.69) is 5.32 Å². The monoisotopic (exact) mass is 268 g/mol. The SMILES string of the molecule is CC(=O)Nc1ccc(N2CCCS2(=O)=O)cc1C. The average Bonchev–Trinajstić information content (AvgIpc) is 2.60. The van der Waals surface area contributed by atoms with Gasteiger partial charge in [-0.05, 0) is 37.1 Å². The highest BCUT2D eigenvalue weighted by atomic mass is 32.2. The maximum Gasteiger partial charge on any atom is 0.235 e. The fraction of sp³-hybridized carbons (Fsp3) is 0.417. The maximum atomic E-state index is 11.8. The number of benzene rings is 1. The van der Waals surface area contributed by atoms with Crippen LogP contribution in [0.25, 0.3) is 0 Å². The lowest BCUT2D eigenvalue weighted by Crippen LogP contribution is -2.25. The van der Waals surface area contributed by atoms with Gasteiger partial charge in [0.2, 0.25) is 15.9 Å².